The Kier molecular flexibility index (Phi) is 5.25. The molecule has 1 N–H and O–H groups in total. The quantitative estimate of drug-likeness (QED) is 0.895. The first-order valence-corrected chi connectivity index (χ1v) is 7.64. The van der Waals surface area contributed by atoms with Crippen molar-refractivity contribution in [2.75, 3.05) is 32.7 Å². The molecule has 0 unspecified atom stereocenters. The maximum Gasteiger partial charge on any atom is 0.410 e. The predicted octanol–water partition coefficient (Wildman–Crippen LogP) is 1.47. The highest BCUT2D eigenvalue weighted by molar-refractivity contribution is 5.85. The Hall–Kier alpha value is -2.09. The first kappa shape index (κ1) is 17.3. The van der Waals surface area contributed by atoms with Gasteiger partial charge in [0.2, 0.25) is 0 Å². The summed E-state index contributed by atoms with van der Waals surface area (Å²) in [5.41, 5.74) is -0.558. The lowest BCUT2D eigenvalue weighted by atomic mass is 10.2. The lowest BCUT2D eigenvalue weighted by molar-refractivity contribution is 0.0145. The van der Waals surface area contributed by atoms with Gasteiger partial charge in [0, 0.05) is 45.2 Å². The Morgan fingerprint density at radius 1 is 1.30 bits per heavy atom. The molecule has 1 amide bonds. The smallest absolute Gasteiger partial charge is 0.410 e. The van der Waals surface area contributed by atoms with Gasteiger partial charge in [-0.15, -0.1) is 0 Å². The minimum atomic E-state index is -1.09. The topological polar surface area (TPSA) is 96.1 Å². The summed E-state index contributed by atoms with van der Waals surface area (Å²) in [6.07, 6.45) is 0.311. The van der Waals surface area contributed by atoms with Crippen LogP contribution >= 0.6 is 0 Å². The van der Waals surface area contributed by atoms with E-state index in [1.54, 1.807) is 4.90 Å². The predicted molar refractivity (Wildman–Crippen MR) is 81.4 cm³/mol. The van der Waals surface area contributed by atoms with Gasteiger partial charge in [0.1, 0.15) is 11.4 Å². The van der Waals surface area contributed by atoms with Crippen LogP contribution in [0.3, 0.4) is 0 Å². The first-order valence-electron chi connectivity index (χ1n) is 7.64. The second-order valence-electron chi connectivity index (χ2n) is 6.54. The fourth-order valence-corrected chi connectivity index (χ4v) is 2.28. The number of carbonyl (C=O) groups is 2. The van der Waals surface area contributed by atoms with Crippen molar-refractivity contribution in [2.45, 2.75) is 32.8 Å². The van der Waals surface area contributed by atoms with E-state index in [2.05, 4.69) is 10.1 Å². The van der Waals surface area contributed by atoms with Crippen molar-refractivity contribution in [3.8, 4) is 0 Å². The van der Waals surface area contributed by atoms with Gasteiger partial charge in [-0.25, -0.2) is 9.59 Å². The molecule has 0 atom stereocenters. The van der Waals surface area contributed by atoms with Crippen molar-refractivity contribution in [1.82, 2.24) is 15.0 Å². The fourth-order valence-electron chi connectivity index (χ4n) is 2.28. The summed E-state index contributed by atoms with van der Waals surface area (Å²) < 4.78 is 10.3. The zero-order chi connectivity index (χ0) is 17.0. The van der Waals surface area contributed by atoms with Crippen LogP contribution in [0.1, 0.15) is 37.0 Å². The number of carboxylic acid groups (broad SMARTS) is 1. The molecule has 1 saturated heterocycles. The number of aromatic carboxylic acids is 1. The molecule has 1 aromatic heterocycles. The summed E-state index contributed by atoms with van der Waals surface area (Å²) in [6.45, 7) is 9.02. The number of rotatable bonds is 4. The molecule has 1 fully saturated rings. The van der Waals surface area contributed by atoms with E-state index in [-0.39, 0.29) is 11.8 Å². The number of hydrogen-bond donors (Lipinski definition) is 1. The van der Waals surface area contributed by atoms with Crippen LogP contribution in [0, 0.1) is 0 Å². The molecule has 128 valence electrons. The summed E-state index contributed by atoms with van der Waals surface area (Å²) >= 11 is 0. The first-order chi connectivity index (χ1) is 10.7. The van der Waals surface area contributed by atoms with E-state index < -0.39 is 11.6 Å². The average Bonchev–Trinajstić information content (AvgIpc) is 2.93. The zero-order valence-corrected chi connectivity index (χ0v) is 13.7. The van der Waals surface area contributed by atoms with Gasteiger partial charge < -0.3 is 19.3 Å². The third-order valence-electron chi connectivity index (χ3n) is 3.48. The maximum absolute atomic E-state index is 12.0. The summed E-state index contributed by atoms with van der Waals surface area (Å²) in [7, 11) is 0. The Morgan fingerprint density at radius 3 is 2.48 bits per heavy atom. The number of piperazine rings is 1. The van der Waals surface area contributed by atoms with E-state index in [1.807, 2.05) is 20.8 Å². The Labute approximate surface area is 135 Å². The highest BCUT2D eigenvalue weighted by atomic mass is 16.6. The molecule has 8 nitrogen and oxygen atoms in total. The van der Waals surface area contributed by atoms with Crippen LogP contribution in [0.4, 0.5) is 4.79 Å². The van der Waals surface area contributed by atoms with Crippen LogP contribution in [-0.2, 0) is 11.2 Å². The second-order valence-corrected chi connectivity index (χ2v) is 6.54. The molecule has 0 saturated carbocycles. The number of carbonyl (C=O) groups excluding carboxylic acids is 1. The molecule has 0 aromatic carbocycles. The van der Waals surface area contributed by atoms with Crippen molar-refractivity contribution in [3.63, 3.8) is 0 Å². The molecule has 0 bridgehead atoms. The number of aromatic nitrogens is 1. The monoisotopic (exact) mass is 325 g/mol. The number of hydrogen-bond acceptors (Lipinski definition) is 6. The third kappa shape index (κ3) is 5.24. The van der Waals surface area contributed by atoms with E-state index in [9.17, 15) is 9.59 Å². The van der Waals surface area contributed by atoms with Gasteiger partial charge in [0.05, 0.1) is 0 Å². The van der Waals surface area contributed by atoms with Gasteiger partial charge in [-0.05, 0) is 20.8 Å². The summed E-state index contributed by atoms with van der Waals surface area (Å²) in [5, 5.41) is 12.3. The fraction of sp³-hybridized carbons (Fsp3) is 0.667. The van der Waals surface area contributed by atoms with Crippen LogP contribution in [0.15, 0.2) is 10.6 Å². The molecule has 2 heterocycles. The average molecular weight is 325 g/mol. The number of ether oxygens (including phenoxy) is 1. The second kappa shape index (κ2) is 6.99. The molecule has 1 aliphatic heterocycles. The molecule has 0 radical (unpaired) electrons. The van der Waals surface area contributed by atoms with Gasteiger partial charge in [0.15, 0.2) is 5.69 Å². The Morgan fingerprint density at radius 2 is 1.96 bits per heavy atom. The van der Waals surface area contributed by atoms with Gasteiger partial charge in [-0.2, -0.15) is 0 Å². The van der Waals surface area contributed by atoms with E-state index in [0.717, 1.165) is 19.6 Å². The highest BCUT2D eigenvalue weighted by Gasteiger charge is 2.25. The van der Waals surface area contributed by atoms with Crippen LogP contribution in [0.25, 0.3) is 0 Å². The highest BCUT2D eigenvalue weighted by Crippen LogP contribution is 2.12. The van der Waals surface area contributed by atoms with Crippen molar-refractivity contribution in [2.24, 2.45) is 0 Å². The molecular formula is C15H23N3O5. The third-order valence-corrected chi connectivity index (χ3v) is 3.48. The van der Waals surface area contributed by atoms with Gasteiger partial charge in [-0.3, -0.25) is 4.90 Å². The standard InChI is InChI=1S/C15H23N3O5/c1-15(2,3)22-14(21)18-8-6-17(7-9-18)5-4-11-10-12(13(19)20)16-23-11/h10H,4-9H2,1-3H3,(H,19,20). The minimum Gasteiger partial charge on any atom is -0.476 e. The molecule has 1 aliphatic rings. The zero-order valence-electron chi connectivity index (χ0n) is 13.7. The van der Waals surface area contributed by atoms with E-state index in [4.69, 9.17) is 14.4 Å². The molecule has 1 aromatic rings. The van der Waals surface area contributed by atoms with E-state index in [0.29, 0.717) is 25.3 Å². The van der Waals surface area contributed by atoms with Crippen LogP contribution < -0.4 is 0 Å². The summed E-state index contributed by atoms with van der Waals surface area (Å²) in [5.74, 6) is -0.539. The molecule has 0 spiro atoms. The van der Waals surface area contributed by atoms with Crippen molar-refractivity contribution >= 4 is 12.1 Å². The lowest BCUT2D eigenvalue weighted by Gasteiger charge is -2.35. The number of amides is 1. The Bertz CT molecular complexity index is 556. The minimum absolute atomic E-state index is 0.0743. The Balaban J connectivity index is 1.74. The molecule has 2 rings (SSSR count). The summed E-state index contributed by atoms with van der Waals surface area (Å²) in [6, 6.07) is 1.44. The van der Waals surface area contributed by atoms with Crippen molar-refractivity contribution in [3.05, 3.63) is 17.5 Å². The van der Waals surface area contributed by atoms with Crippen LogP contribution in [-0.4, -0.2) is 70.5 Å². The van der Waals surface area contributed by atoms with Crippen LogP contribution in [0.5, 0.6) is 0 Å². The van der Waals surface area contributed by atoms with E-state index >= 15 is 0 Å². The van der Waals surface area contributed by atoms with Gasteiger partial charge in [-0.1, -0.05) is 5.16 Å². The van der Waals surface area contributed by atoms with Crippen molar-refractivity contribution < 1.29 is 24.0 Å². The van der Waals surface area contributed by atoms with Gasteiger partial charge >= 0.3 is 12.1 Å². The normalized spacial score (nSPS) is 16.4. The molecular weight excluding hydrogens is 302 g/mol. The van der Waals surface area contributed by atoms with E-state index in [1.165, 1.54) is 6.07 Å². The van der Waals surface area contributed by atoms with Gasteiger partial charge in [0.25, 0.3) is 0 Å². The van der Waals surface area contributed by atoms with Crippen LogP contribution in [0.2, 0.25) is 0 Å². The number of carboxylic acids is 1. The largest absolute Gasteiger partial charge is 0.476 e. The summed E-state index contributed by atoms with van der Waals surface area (Å²) in [4.78, 5) is 26.6. The molecule has 8 heteroatoms. The number of nitrogens with zero attached hydrogens (tertiary/aromatic N) is 3. The SMILES string of the molecule is CC(C)(C)OC(=O)N1CCN(CCc2cc(C(=O)O)no2)CC1. The maximum atomic E-state index is 12.0. The lowest BCUT2D eigenvalue weighted by Crippen LogP contribution is -2.50. The van der Waals surface area contributed by atoms with Crippen molar-refractivity contribution in [1.29, 1.82) is 0 Å². The molecule has 23 heavy (non-hydrogen) atoms. The molecule has 0 aliphatic carbocycles.